The van der Waals surface area contributed by atoms with Crippen LogP contribution in [-0.4, -0.2) is 44.0 Å². The minimum atomic E-state index is -3.73. The summed E-state index contributed by atoms with van der Waals surface area (Å²) in [5.74, 6) is -0.177. The number of nitrogens with zero attached hydrogens (tertiary/aromatic N) is 1. The number of ether oxygens (including phenoxy) is 1. The van der Waals surface area contributed by atoms with Gasteiger partial charge in [-0.1, -0.05) is 12.1 Å². The van der Waals surface area contributed by atoms with Crippen LogP contribution in [0.4, 0.5) is 0 Å². The maximum Gasteiger partial charge on any atom is 0.254 e. The second kappa shape index (κ2) is 9.18. The van der Waals surface area contributed by atoms with Gasteiger partial charge in [0.25, 0.3) is 5.91 Å². The van der Waals surface area contributed by atoms with Gasteiger partial charge >= 0.3 is 0 Å². The molecule has 2 aromatic rings. The quantitative estimate of drug-likeness (QED) is 0.693. The fourth-order valence-electron chi connectivity index (χ4n) is 3.48. The summed E-state index contributed by atoms with van der Waals surface area (Å²) in [5.41, 5.74) is 0.540. The summed E-state index contributed by atoms with van der Waals surface area (Å²) >= 11 is 1.60. The van der Waals surface area contributed by atoms with E-state index in [1.165, 1.54) is 6.07 Å². The Kier molecular flexibility index (Phi) is 7.02. The van der Waals surface area contributed by atoms with E-state index in [9.17, 15) is 13.2 Å². The highest BCUT2D eigenvalue weighted by Crippen LogP contribution is 2.23. The molecule has 1 saturated heterocycles. The molecule has 1 unspecified atom stereocenters. The van der Waals surface area contributed by atoms with E-state index in [2.05, 4.69) is 4.72 Å². The van der Waals surface area contributed by atoms with Crippen LogP contribution in [0.2, 0.25) is 0 Å². The van der Waals surface area contributed by atoms with E-state index in [4.69, 9.17) is 4.74 Å². The first kappa shape index (κ1) is 22.9. The highest BCUT2D eigenvalue weighted by Gasteiger charge is 2.27. The Morgan fingerprint density at radius 3 is 2.67 bits per heavy atom. The number of thiophene rings is 1. The van der Waals surface area contributed by atoms with Gasteiger partial charge in [-0.2, -0.15) is 0 Å². The Hall–Kier alpha value is -1.74. The summed E-state index contributed by atoms with van der Waals surface area (Å²) in [6, 6.07) is 8.69. The van der Waals surface area contributed by atoms with Gasteiger partial charge in [-0.15, -0.1) is 11.3 Å². The molecule has 0 saturated carbocycles. The summed E-state index contributed by atoms with van der Waals surface area (Å²) in [5, 5.41) is 1.99. The van der Waals surface area contributed by atoms with Crippen LogP contribution < -0.4 is 4.72 Å². The van der Waals surface area contributed by atoms with Crippen molar-refractivity contribution >= 4 is 27.3 Å². The van der Waals surface area contributed by atoms with Crippen LogP contribution in [0.3, 0.4) is 0 Å². The number of carbonyl (C=O) groups excluding carboxylic acids is 1. The lowest BCUT2D eigenvalue weighted by molar-refractivity contribution is 0.0509. The van der Waals surface area contributed by atoms with E-state index < -0.39 is 15.6 Å². The van der Waals surface area contributed by atoms with Gasteiger partial charge in [-0.3, -0.25) is 4.79 Å². The Bertz CT molecular complexity index is 973. The van der Waals surface area contributed by atoms with Crippen LogP contribution in [0.15, 0.2) is 40.6 Å². The molecule has 2 heterocycles. The number of hydrogen-bond acceptors (Lipinski definition) is 5. The van der Waals surface area contributed by atoms with Gasteiger partial charge in [0.05, 0.1) is 17.5 Å². The van der Waals surface area contributed by atoms with E-state index >= 15 is 0 Å². The lowest BCUT2D eigenvalue weighted by Crippen LogP contribution is -2.40. The third kappa shape index (κ3) is 5.91. The maximum absolute atomic E-state index is 13.5. The molecule has 1 N–H and O–H groups in total. The Morgan fingerprint density at radius 1 is 1.30 bits per heavy atom. The monoisotopic (exact) mass is 450 g/mol. The minimum absolute atomic E-state index is 0.0173. The molecule has 0 radical (unpaired) electrons. The first-order valence-corrected chi connectivity index (χ1v) is 12.5. The Morgan fingerprint density at radius 2 is 2.07 bits per heavy atom. The van der Waals surface area contributed by atoms with E-state index in [-0.39, 0.29) is 16.9 Å². The van der Waals surface area contributed by atoms with Crippen molar-refractivity contribution in [1.29, 1.82) is 0 Å². The first-order valence-electron chi connectivity index (χ1n) is 10.1. The summed E-state index contributed by atoms with van der Waals surface area (Å²) in [4.78, 5) is 16.5. The zero-order chi connectivity index (χ0) is 21.9. The number of nitrogens with one attached hydrogen (secondary N) is 1. The van der Waals surface area contributed by atoms with Crippen molar-refractivity contribution in [2.45, 2.75) is 63.6 Å². The highest BCUT2D eigenvalue weighted by molar-refractivity contribution is 7.89. The van der Waals surface area contributed by atoms with Crippen molar-refractivity contribution in [3.63, 3.8) is 0 Å². The lowest BCUT2D eigenvalue weighted by atomic mass is 10.1. The predicted octanol–water partition coefficient (Wildman–Crippen LogP) is 3.95. The van der Waals surface area contributed by atoms with Gasteiger partial charge in [-0.25, -0.2) is 13.1 Å². The van der Waals surface area contributed by atoms with Gasteiger partial charge in [0, 0.05) is 29.1 Å². The number of aryl methyl sites for hydroxylation is 1. The first-order chi connectivity index (χ1) is 14.0. The van der Waals surface area contributed by atoms with Crippen molar-refractivity contribution in [1.82, 2.24) is 9.62 Å². The molecule has 1 aromatic carbocycles. The largest absolute Gasteiger partial charge is 0.376 e. The number of carbonyl (C=O) groups is 1. The third-order valence-electron chi connectivity index (χ3n) is 4.85. The summed E-state index contributed by atoms with van der Waals surface area (Å²) in [6.45, 7) is 8.88. The van der Waals surface area contributed by atoms with E-state index in [1.54, 1.807) is 49.1 Å². The number of amides is 1. The molecule has 0 aliphatic carbocycles. The molecule has 164 valence electrons. The second-order valence-corrected chi connectivity index (χ2v) is 11.4. The van der Waals surface area contributed by atoms with Crippen LogP contribution in [0.5, 0.6) is 0 Å². The molecular weight excluding hydrogens is 420 g/mol. The zero-order valence-electron chi connectivity index (χ0n) is 18.0. The van der Waals surface area contributed by atoms with Gasteiger partial charge in [0.2, 0.25) is 10.0 Å². The molecule has 8 heteroatoms. The van der Waals surface area contributed by atoms with Crippen LogP contribution in [0, 0.1) is 6.92 Å². The predicted molar refractivity (Wildman–Crippen MR) is 119 cm³/mol. The van der Waals surface area contributed by atoms with Crippen molar-refractivity contribution in [3.05, 3.63) is 51.7 Å². The molecular formula is C22H30N2O4S2. The number of benzene rings is 1. The molecule has 1 atom stereocenters. The molecule has 1 fully saturated rings. The normalized spacial score (nSPS) is 17.3. The molecule has 3 rings (SSSR count). The highest BCUT2D eigenvalue weighted by atomic mass is 32.2. The van der Waals surface area contributed by atoms with E-state index in [1.807, 2.05) is 24.4 Å². The number of sulfonamides is 1. The molecule has 30 heavy (non-hydrogen) atoms. The fraction of sp³-hybridized carbons (Fsp3) is 0.500. The van der Waals surface area contributed by atoms with Crippen LogP contribution in [0.1, 0.15) is 54.4 Å². The average molecular weight is 451 g/mol. The molecule has 1 amide bonds. The van der Waals surface area contributed by atoms with Crippen molar-refractivity contribution in [3.8, 4) is 0 Å². The molecule has 0 bridgehead atoms. The van der Waals surface area contributed by atoms with Gasteiger partial charge < -0.3 is 9.64 Å². The van der Waals surface area contributed by atoms with Crippen LogP contribution in [-0.2, 0) is 21.3 Å². The standard InChI is InChI=1S/C22H30N2O4S2/c1-16-9-10-19(30(26,27)23-22(2,3)4)13-20(16)21(25)24(14-17-7-5-11-28-17)15-18-8-6-12-29-18/h6,8-10,12-13,17,23H,5,7,11,14-15H2,1-4H3. The van der Waals surface area contributed by atoms with Gasteiger partial charge in [-0.05, 0) is 69.7 Å². The summed E-state index contributed by atoms with van der Waals surface area (Å²) in [6.07, 6.45) is 1.94. The van der Waals surface area contributed by atoms with Gasteiger partial charge in [0.1, 0.15) is 0 Å². The summed E-state index contributed by atoms with van der Waals surface area (Å²) in [7, 11) is -3.73. The van der Waals surface area contributed by atoms with Crippen LogP contribution in [0.25, 0.3) is 0 Å². The lowest BCUT2D eigenvalue weighted by Gasteiger charge is -2.26. The fourth-order valence-corrected chi connectivity index (χ4v) is 5.64. The molecule has 1 aliphatic heterocycles. The molecule has 6 nitrogen and oxygen atoms in total. The Balaban J connectivity index is 1.91. The topological polar surface area (TPSA) is 75.7 Å². The van der Waals surface area contributed by atoms with E-state index in [0.29, 0.717) is 18.7 Å². The zero-order valence-corrected chi connectivity index (χ0v) is 19.6. The molecule has 1 aromatic heterocycles. The number of hydrogen-bond donors (Lipinski definition) is 1. The molecule has 1 aliphatic rings. The SMILES string of the molecule is Cc1ccc(S(=O)(=O)NC(C)(C)C)cc1C(=O)N(Cc1cccs1)CC1CCCO1. The molecule has 0 spiro atoms. The number of rotatable bonds is 7. The van der Waals surface area contributed by atoms with Crippen molar-refractivity contribution in [2.24, 2.45) is 0 Å². The van der Waals surface area contributed by atoms with Crippen molar-refractivity contribution < 1.29 is 17.9 Å². The van der Waals surface area contributed by atoms with Crippen molar-refractivity contribution in [2.75, 3.05) is 13.2 Å². The average Bonchev–Trinajstić information content (AvgIpc) is 3.33. The Labute approximate surface area is 183 Å². The smallest absolute Gasteiger partial charge is 0.254 e. The summed E-state index contributed by atoms with van der Waals surface area (Å²) < 4.78 is 34.0. The second-order valence-electron chi connectivity index (χ2n) is 8.73. The van der Waals surface area contributed by atoms with Gasteiger partial charge in [0.15, 0.2) is 0 Å². The third-order valence-corrected chi connectivity index (χ3v) is 7.47. The maximum atomic E-state index is 13.5. The van der Waals surface area contributed by atoms with E-state index in [0.717, 1.165) is 29.9 Å². The van der Waals surface area contributed by atoms with Crippen LogP contribution >= 0.6 is 11.3 Å². The minimum Gasteiger partial charge on any atom is -0.376 e.